The standard InChI is InChI=1S/C12H16N2O2/c1-7-3-2-4-9-10(12(15)16)13-11(14(7)9)8-5-6-8/h7-8H,2-6H2,1H3,(H,15,16). The second-order valence-corrected chi connectivity index (χ2v) is 4.96. The first-order valence-electron chi connectivity index (χ1n) is 6.02. The highest BCUT2D eigenvalue weighted by Crippen LogP contribution is 2.43. The fourth-order valence-electron chi connectivity index (χ4n) is 2.71. The molecule has 1 aliphatic heterocycles. The lowest BCUT2D eigenvalue weighted by atomic mass is 10.0. The summed E-state index contributed by atoms with van der Waals surface area (Å²) in [5, 5.41) is 9.17. The molecule has 1 saturated carbocycles. The Kier molecular flexibility index (Phi) is 2.06. The van der Waals surface area contributed by atoms with Crippen molar-refractivity contribution in [1.82, 2.24) is 9.55 Å². The van der Waals surface area contributed by atoms with Gasteiger partial charge in [-0.15, -0.1) is 0 Å². The Bertz CT molecular complexity index is 446. The van der Waals surface area contributed by atoms with E-state index in [2.05, 4.69) is 16.5 Å². The van der Waals surface area contributed by atoms with Gasteiger partial charge in [-0.05, 0) is 39.0 Å². The molecule has 0 spiro atoms. The van der Waals surface area contributed by atoms with Crippen molar-refractivity contribution >= 4 is 5.97 Å². The zero-order valence-corrected chi connectivity index (χ0v) is 9.44. The van der Waals surface area contributed by atoms with Crippen LogP contribution in [0.4, 0.5) is 0 Å². The summed E-state index contributed by atoms with van der Waals surface area (Å²) in [5.74, 6) is 0.678. The minimum atomic E-state index is -0.871. The Labute approximate surface area is 94.3 Å². The third kappa shape index (κ3) is 1.36. The van der Waals surface area contributed by atoms with Crippen LogP contribution in [0.3, 0.4) is 0 Å². The highest BCUT2D eigenvalue weighted by molar-refractivity contribution is 5.87. The van der Waals surface area contributed by atoms with E-state index in [0.29, 0.717) is 17.7 Å². The summed E-state index contributed by atoms with van der Waals surface area (Å²) in [6.07, 6.45) is 5.43. The molecule has 1 N–H and O–H groups in total. The van der Waals surface area contributed by atoms with Crippen LogP contribution in [0, 0.1) is 0 Å². The van der Waals surface area contributed by atoms with Crippen molar-refractivity contribution in [3.05, 3.63) is 17.2 Å². The molecule has 2 aliphatic rings. The molecule has 0 amide bonds. The van der Waals surface area contributed by atoms with Crippen molar-refractivity contribution in [1.29, 1.82) is 0 Å². The van der Waals surface area contributed by atoms with Gasteiger partial charge >= 0.3 is 5.97 Å². The number of hydrogen-bond acceptors (Lipinski definition) is 2. The second-order valence-electron chi connectivity index (χ2n) is 4.96. The highest BCUT2D eigenvalue weighted by Gasteiger charge is 2.35. The number of hydrogen-bond donors (Lipinski definition) is 1. The number of fused-ring (bicyclic) bond motifs is 1. The summed E-state index contributed by atoms with van der Waals surface area (Å²) in [6, 6.07) is 0.417. The van der Waals surface area contributed by atoms with E-state index in [-0.39, 0.29) is 0 Å². The SMILES string of the molecule is CC1CCCc2c(C(=O)O)nc(C3CC3)n21. The third-order valence-electron chi connectivity index (χ3n) is 3.66. The summed E-state index contributed by atoms with van der Waals surface area (Å²) in [7, 11) is 0. The van der Waals surface area contributed by atoms with Gasteiger partial charge in [0, 0.05) is 12.0 Å². The Balaban J connectivity index is 2.15. The van der Waals surface area contributed by atoms with Crippen LogP contribution in [-0.4, -0.2) is 20.6 Å². The summed E-state index contributed by atoms with van der Waals surface area (Å²) < 4.78 is 2.20. The molecule has 0 saturated heterocycles. The maximum atomic E-state index is 11.2. The molecule has 4 nitrogen and oxygen atoms in total. The molecule has 2 heterocycles. The lowest BCUT2D eigenvalue weighted by Gasteiger charge is -2.24. The van der Waals surface area contributed by atoms with Crippen LogP contribution >= 0.6 is 0 Å². The van der Waals surface area contributed by atoms with E-state index in [1.807, 2.05) is 0 Å². The van der Waals surface area contributed by atoms with Crippen molar-refractivity contribution in [2.75, 3.05) is 0 Å². The molecule has 0 bridgehead atoms. The number of carboxylic acid groups (broad SMARTS) is 1. The van der Waals surface area contributed by atoms with Crippen LogP contribution in [0.15, 0.2) is 0 Å². The first-order valence-corrected chi connectivity index (χ1v) is 6.02. The molecule has 1 aliphatic carbocycles. The largest absolute Gasteiger partial charge is 0.476 e. The number of aromatic nitrogens is 2. The summed E-state index contributed by atoms with van der Waals surface area (Å²) >= 11 is 0. The molecule has 0 aromatic carbocycles. The van der Waals surface area contributed by atoms with Crippen LogP contribution < -0.4 is 0 Å². The van der Waals surface area contributed by atoms with Gasteiger partial charge in [0.1, 0.15) is 5.82 Å². The Morgan fingerprint density at radius 1 is 1.44 bits per heavy atom. The summed E-state index contributed by atoms with van der Waals surface area (Å²) in [5.41, 5.74) is 1.25. The maximum Gasteiger partial charge on any atom is 0.356 e. The lowest BCUT2D eigenvalue weighted by Crippen LogP contribution is -2.18. The maximum absolute atomic E-state index is 11.2. The normalized spacial score (nSPS) is 24.2. The van der Waals surface area contributed by atoms with Crippen LogP contribution in [0.2, 0.25) is 0 Å². The van der Waals surface area contributed by atoms with Crippen molar-refractivity contribution < 1.29 is 9.90 Å². The molecular weight excluding hydrogens is 204 g/mol. The van der Waals surface area contributed by atoms with Crippen molar-refractivity contribution in [3.63, 3.8) is 0 Å². The number of nitrogens with zero attached hydrogens (tertiary/aromatic N) is 2. The van der Waals surface area contributed by atoms with Crippen LogP contribution in [0.25, 0.3) is 0 Å². The zero-order chi connectivity index (χ0) is 11.3. The fraction of sp³-hybridized carbons (Fsp3) is 0.667. The molecule has 1 aromatic heterocycles. The number of carboxylic acids is 1. The molecule has 4 heteroatoms. The van der Waals surface area contributed by atoms with E-state index in [1.54, 1.807) is 0 Å². The van der Waals surface area contributed by atoms with Crippen molar-refractivity contribution in [2.24, 2.45) is 0 Å². The van der Waals surface area contributed by atoms with E-state index in [9.17, 15) is 4.79 Å². The van der Waals surface area contributed by atoms with Gasteiger partial charge in [0.05, 0.1) is 5.69 Å². The van der Waals surface area contributed by atoms with E-state index in [4.69, 9.17) is 5.11 Å². The van der Waals surface area contributed by atoms with Gasteiger partial charge in [-0.25, -0.2) is 9.78 Å². The van der Waals surface area contributed by atoms with E-state index >= 15 is 0 Å². The van der Waals surface area contributed by atoms with Crippen molar-refractivity contribution in [2.45, 2.75) is 51.0 Å². The molecule has 1 fully saturated rings. The first kappa shape index (κ1) is 9.87. The van der Waals surface area contributed by atoms with E-state index in [1.165, 1.54) is 12.8 Å². The summed E-state index contributed by atoms with van der Waals surface area (Å²) in [6.45, 7) is 2.17. The van der Waals surface area contributed by atoms with Gasteiger partial charge in [-0.1, -0.05) is 0 Å². The van der Waals surface area contributed by atoms with Gasteiger partial charge < -0.3 is 9.67 Å². The van der Waals surface area contributed by atoms with E-state index in [0.717, 1.165) is 30.8 Å². The molecule has 0 radical (unpaired) electrons. The van der Waals surface area contributed by atoms with E-state index < -0.39 is 5.97 Å². The highest BCUT2D eigenvalue weighted by atomic mass is 16.4. The second kappa shape index (κ2) is 3.34. The topological polar surface area (TPSA) is 55.1 Å². The molecule has 86 valence electrons. The first-order chi connectivity index (χ1) is 7.68. The number of rotatable bonds is 2. The minimum absolute atomic E-state index is 0.299. The molecule has 1 aromatic rings. The van der Waals surface area contributed by atoms with Crippen LogP contribution in [-0.2, 0) is 6.42 Å². The molecule has 1 atom stereocenters. The number of carbonyl (C=O) groups is 1. The predicted octanol–water partition coefficient (Wildman–Crippen LogP) is 2.36. The number of imidazole rings is 1. The number of aromatic carboxylic acids is 1. The smallest absolute Gasteiger partial charge is 0.356 e. The van der Waals surface area contributed by atoms with Crippen LogP contribution in [0.1, 0.15) is 66.6 Å². The van der Waals surface area contributed by atoms with Crippen molar-refractivity contribution in [3.8, 4) is 0 Å². The Hall–Kier alpha value is -1.32. The van der Waals surface area contributed by atoms with Gasteiger partial charge in [-0.3, -0.25) is 0 Å². The third-order valence-corrected chi connectivity index (χ3v) is 3.66. The molecule has 16 heavy (non-hydrogen) atoms. The lowest BCUT2D eigenvalue weighted by molar-refractivity contribution is 0.0689. The van der Waals surface area contributed by atoms with Gasteiger partial charge in [-0.2, -0.15) is 0 Å². The Morgan fingerprint density at radius 3 is 2.81 bits per heavy atom. The van der Waals surface area contributed by atoms with Gasteiger partial charge in [0.15, 0.2) is 5.69 Å². The quantitative estimate of drug-likeness (QED) is 0.832. The molecule has 1 unspecified atom stereocenters. The summed E-state index contributed by atoms with van der Waals surface area (Å²) in [4.78, 5) is 15.5. The average Bonchev–Trinajstić information content (AvgIpc) is 2.99. The van der Waals surface area contributed by atoms with Crippen LogP contribution in [0.5, 0.6) is 0 Å². The predicted molar refractivity (Wildman–Crippen MR) is 58.8 cm³/mol. The monoisotopic (exact) mass is 220 g/mol. The van der Waals surface area contributed by atoms with Gasteiger partial charge in [0.2, 0.25) is 0 Å². The minimum Gasteiger partial charge on any atom is -0.476 e. The Morgan fingerprint density at radius 2 is 2.19 bits per heavy atom. The average molecular weight is 220 g/mol. The molecular formula is C12H16N2O2. The zero-order valence-electron chi connectivity index (χ0n) is 9.44. The molecule has 3 rings (SSSR count). The van der Waals surface area contributed by atoms with Gasteiger partial charge in [0.25, 0.3) is 0 Å². The fourth-order valence-corrected chi connectivity index (χ4v) is 2.71.